The second kappa shape index (κ2) is 12.4. The van der Waals surface area contributed by atoms with Gasteiger partial charge in [-0.15, -0.1) is 0 Å². The second-order valence-electron chi connectivity index (χ2n) is 10.0. The fraction of sp³-hybridized carbons (Fsp3) is 0.419. The van der Waals surface area contributed by atoms with E-state index in [9.17, 15) is 14.7 Å². The van der Waals surface area contributed by atoms with E-state index in [1.54, 1.807) is 26.4 Å². The molecule has 1 aliphatic carbocycles. The minimum Gasteiger partial charge on any atom is -0.503 e. The zero-order valence-corrected chi connectivity index (χ0v) is 25.3. The normalized spacial score (nSPS) is 19.5. The van der Waals surface area contributed by atoms with Crippen molar-refractivity contribution in [2.75, 3.05) is 20.8 Å². The lowest BCUT2D eigenvalue weighted by molar-refractivity contribution is -0.144. The van der Waals surface area contributed by atoms with Gasteiger partial charge in [-0.25, -0.2) is 4.79 Å². The lowest BCUT2D eigenvalue weighted by Crippen LogP contribution is -2.36. The van der Waals surface area contributed by atoms with E-state index < -0.39 is 11.9 Å². The first kappa shape index (κ1) is 29.5. The van der Waals surface area contributed by atoms with Crippen LogP contribution in [0.2, 0.25) is 0 Å². The number of rotatable bonds is 9. The topological polar surface area (TPSA) is 103 Å². The number of methoxy groups -OCH3 is 2. The highest BCUT2D eigenvalue weighted by molar-refractivity contribution is 9.10. The Balaban J connectivity index is 1.83. The van der Waals surface area contributed by atoms with Crippen molar-refractivity contribution in [2.45, 2.75) is 64.9 Å². The zero-order chi connectivity index (χ0) is 29.1. The van der Waals surface area contributed by atoms with Crippen molar-refractivity contribution in [1.82, 2.24) is 5.32 Å². The van der Waals surface area contributed by atoms with Crippen molar-refractivity contribution in [2.24, 2.45) is 0 Å². The van der Waals surface area contributed by atoms with Crippen molar-refractivity contribution < 1.29 is 33.6 Å². The minimum atomic E-state index is -0.692. The SMILES string of the molecule is CCOc1cc(C2C(C(=O)OC(C)CC)=C(C)NC3=C2C(=O)CC(c2ccc(OC)c(OC)c2)C3)cc(Br)c1O. The molecule has 1 aliphatic heterocycles. The van der Waals surface area contributed by atoms with E-state index in [4.69, 9.17) is 18.9 Å². The van der Waals surface area contributed by atoms with Crippen LogP contribution in [0.25, 0.3) is 0 Å². The van der Waals surface area contributed by atoms with Gasteiger partial charge in [0, 0.05) is 29.3 Å². The molecule has 0 fully saturated rings. The molecular formula is C31H36BrNO7. The number of ether oxygens (including phenoxy) is 4. The highest BCUT2D eigenvalue weighted by Crippen LogP contribution is 2.49. The summed E-state index contributed by atoms with van der Waals surface area (Å²) in [6, 6.07) is 9.13. The molecule has 2 aromatic carbocycles. The molecule has 2 aromatic rings. The summed E-state index contributed by atoms with van der Waals surface area (Å²) in [5.41, 5.74) is 3.90. The Bertz CT molecular complexity index is 1380. The maximum Gasteiger partial charge on any atom is 0.337 e. The van der Waals surface area contributed by atoms with Gasteiger partial charge in [-0.05, 0) is 90.9 Å². The highest BCUT2D eigenvalue weighted by atomic mass is 79.9. The molecule has 3 atom stereocenters. The molecule has 0 amide bonds. The van der Waals surface area contributed by atoms with Crippen LogP contribution in [0, 0.1) is 0 Å². The van der Waals surface area contributed by atoms with Crippen LogP contribution in [0.1, 0.15) is 69.9 Å². The zero-order valence-electron chi connectivity index (χ0n) is 23.7. The van der Waals surface area contributed by atoms with E-state index in [1.807, 2.05) is 45.9 Å². The number of nitrogens with one attached hydrogen (secondary N) is 1. The lowest BCUT2D eigenvalue weighted by Gasteiger charge is -2.37. The summed E-state index contributed by atoms with van der Waals surface area (Å²) < 4.78 is 22.7. The molecule has 40 heavy (non-hydrogen) atoms. The fourth-order valence-corrected chi connectivity index (χ4v) is 5.80. The molecule has 0 radical (unpaired) electrons. The standard InChI is InChI=1S/C31H36BrNO7/c1-7-16(3)40-31(36)27-17(4)33-22-12-19(18-9-10-24(37-5)25(14-18)38-6)13-23(34)29(22)28(27)20-11-21(32)30(35)26(15-20)39-8-2/h9-11,14-16,19,28,33,35H,7-8,12-13H2,1-6H3. The highest BCUT2D eigenvalue weighted by Gasteiger charge is 2.42. The number of Topliss-reactive ketones (excluding diaryl/α,β-unsaturated/α-hetero) is 1. The molecule has 2 N–H and O–H groups in total. The van der Waals surface area contributed by atoms with Crippen LogP contribution in [0.15, 0.2) is 57.3 Å². The number of phenols is 1. The number of allylic oxidation sites excluding steroid dienone is 3. The molecule has 0 bridgehead atoms. The van der Waals surface area contributed by atoms with E-state index in [1.165, 1.54) is 0 Å². The van der Waals surface area contributed by atoms with Gasteiger partial charge in [0.2, 0.25) is 0 Å². The Labute approximate surface area is 243 Å². The first-order chi connectivity index (χ1) is 19.1. The predicted octanol–water partition coefficient (Wildman–Crippen LogP) is 6.27. The van der Waals surface area contributed by atoms with Crippen molar-refractivity contribution in [3.05, 3.63) is 68.5 Å². The number of hydrogen-bond acceptors (Lipinski definition) is 8. The first-order valence-electron chi connectivity index (χ1n) is 13.4. The average Bonchev–Trinajstić information content (AvgIpc) is 2.93. The van der Waals surface area contributed by atoms with Gasteiger partial charge < -0.3 is 29.4 Å². The van der Waals surface area contributed by atoms with Gasteiger partial charge in [0.1, 0.15) is 0 Å². The Kier molecular flexibility index (Phi) is 9.13. The third kappa shape index (κ3) is 5.70. The maximum absolute atomic E-state index is 14.0. The van der Waals surface area contributed by atoms with Crippen molar-refractivity contribution in [3.63, 3.8) is 0 Å². The van der Waals surface area contributed by atoms with E-state index >= 15 is 0 Å². The number of ketones is 1. The Morgan fingerprint density at radius 2 is 1.77 bits per heavy atom. The molecule has 214 valence electrons. The maximum atomic E-state index is 14.0. The van der Waals surface area contributed by atoms with Gasteiger partial charge in [-0.1, -0.05) is 13.0 Å². The quantitative estimate of drug-likeness (QED) is 0.319. The van der Waals surface area contributed by atoms with Crippen molar-refractivity contribution >= 4 is 27.7 Å². The number of dihydropyridines is 1. The summed E-state index contributed by atoms with van der Waals surface area (Å²) in [6.45, 7) is 7.78. The summed E-state index contributed by atoms with van der Waals surface area (Å²) in [5, 5.41) is 13.9. The predicted molar refractivity (Wildman–Crippen MR) is 155 cm³/mol. The third-order valence-corrected chi connectivity index (χ3v) is 8.10. The number of aromatic hydroxyl groups is 1. The molecule has 0 saturated heterocycles. The first-order valence-corrected chi connectivity index (χ1v) is 14.2. The Morgan fingerprint density at radius 1 is 1.07 bits per heavy atom. The molecule has 9 heteroatoms. The van der Waals surface area contributed by atoms with Crippen LogP contribution in [0.4, 0.5) is 0 Å². The number of hydrogen-bond donors (Lipinski definition) is 2. The summed E-state index contributed by atoms with van der Waals surface area (Å²) in [4.78, 5) is 27.5. The smallest absolute Gasteiger partial charge is 0.337 e. The summed E-state index contributed by atoms with van der Waals surface area (Å²) in [7, 11) is 3.17. The fourth-order valence-electron chi connectivity index (χ4n) is 5.34. The second-order valence-corrected chi connectivity index (χ2v) is 10.9. The number of benzene rings is 2. The molecule has 0 saturated carbocycles. The van der Waals surface area contributed by atoms with E-state index in [0.717, 1.165) is 11.3 Å². The summed E-state index contributed by atoms with van der Waals surface area (Å²) in [6.07, 6.45) is 1.20. The van der Waals surface area contributed by atoms with Gasteiger partial charge in [-0.2, -0.15) is 0 Å². The number of esters is 1. The van der Waals surface area contributed by atoms with Gasteiger partial charge in [-0.3, -0.25) is 4.79 Å². The van der Waals surface area contributed by atoms with Crippen LogP contribution in [-0.4, -0.2) is 43.8 Å². The van der Waals surface area contributed by atoms with E-state index in [-0.39, 0.29) is 35.7 Å². The molecule has 2 aliphatic rings. The number of carbonyl (C=O) groups excluding carboxylic acids is 2. The van der Waals surface area contributed by atoms with Crippen LogP contribution >= 0.6 is 15.9 Å². The monoisotopic (exact) mass is 613 g/mol. The number of carbonyl (C=O) groups is 2. The van der Waals surface area contributed by atoms with Gasteiger partial charge in [0.25, 0.3) is 0 Å². The van der Waals surface area contributed by atoms with Crippen LogP contribution in [0.3, 0.4) is 0 Å². The van der Waals surface area contributed by atoms with E-state index in [0.29, 0.717) is 57.8 Å². The Morgan fingerprint density at radius 3 is 2.42 bits per heavy atom. The molecular weight excluding hydrogens is 578 g/mol. The molecule has 0 aromatic heterocycles. The van der Waals surface area contributed by atoms with Crippen LogP contribution < -0.4 is 19.5 Å². The third-order valence-electron chi connectivity index (χ3n) is 7.49. The summed E-state index contributed by atoms with van der Waals surface area (Å²) >= 11 is 3.42. The number of halogens is 1. The van der Waals surface area contributed by atoms with Gasteiger partial charge in [0.05, 0.1) is 37.0 Å². The average molecular weight is 615 g/mol. The lowest BCUT2D eigenvalue weighted by atomic mass is 9.71. The van der Waals surface area contributed by atoms with Gasteiger partial charge >= 0.3 is 5.97 Å². The molecule has 3 unspecified atom stereocenters. The van der Waals surface area contributed by atoms with Crippen LogP contribution in [-0.2, 0) is 14.3 Å². The van der Waals surface area contributed by atoms with Crippen LogP contribution in [0.5, 0.6) is 23.0 Å². The van der Waals surface area contributed by atoms with Crippen molar-refractivity contribution in [1.29, 1.82) is 0 Å². The van der Waals surface area contributed by atoms with Gasteiger partial charge in [0.15, 0.2) is 28.8 Å². The van der Waals surface area contributed by atoms with E-state index in [2.05, 4.69) is 21.2 Å². The van der Waals surface area contributed by atoms with Crippen molar-refractivity contribution in [3.8, 4) is 23.0 Å². The largest absolute Gasteiger partial charge is 0.503 e. The Hall–Kier alpha value is -3.46. The molecule has 8 nitrogen and oxygen atoms in total. The molecule has 1 heterocycles. The minimum absolute atomic E-state index is 0.0401. The molecule has 0 spiro atoms. The number of phenolic OH excluding ortho intramolecular Hbond substituents is 1. The molecule has 4 rings (SSSR count). The summed E-state index contributed by atoms with van der Waals surface area (Å²) in [5.74, 6) is 0.123.